The zero-order chi connectivity index (χ0) is 19.1. The molecule has 1 atom stereocenters. The predicted molar refractivity (Wildman–Crippen MR) is 93.9 cm³/mol. The number of carbonyl (C=O) groups excluding carboxylic acids is 2. The molecule has 4 nitrogen and oxygen atoms in total. The highest BCUT2D eigenvalue weighted by Gasteiger charge is 2.30. The predicted octanol–water partition coefficient (Wildman–Crippen LogP) is 4.11. The lowest BCUT2D eigenvalue weighted by molar-refractivity contribution is -0.126. The van der Waals surface area contributed by atoms with Crippen molar-refractivity contribution in [3.05, 3.63) is 34.4 Å². The fraction of sp³-hybridized carbons (Fsp3) is 0.556. The summed E-state index contributed by atoms with van der Waals surface area (Å²) in [6.07, 6.45) is 3.75. The number of hydrogen-bond donors (Lipinski definition) is 2. The fourth-order valence-corrected chi connectivity index (χ4v) is 3.02. The van der Waals surface area contributed by atoms with Crippen LogP contribution in [0.1, 0.15) is 58.1 Å². The Morgan fingerprint density at radius 1 is 1.24 bits per heavy atom. The van der Waals surface area contributed by atoms with Crippen molar-refractivity contribution in [3.63, 3.8) is 0 Å². The third-order valence-electron chi connectivity index (χ3n) is 4.08. The minimum absolute atomic E-state index is 0.0449. The van der Waals surface area contributed by atoms with Gasteiger partial charge >= 0.3 is 0 Å². The van der Waals surface area contributed by atoms with E-state index in [0.29, 0.717) is 0 Å². The highest BCUT2D eigenvalue weighted by atomic mass is 35.5. The summed E-state index contributed by atoms with van der Waals surface area (Å²) in [5.41, 5.74) is 4.32. The van der Waals surface area contributed by atoms with Crippen LogP contribution in [0.3, 0.4) is 0 Å². The van der Waals surface area contributed by atoms with Crippen LogP contribution in [0, 0.1) is 23.5 Å². The molecule has 0 aromatic heterocycles. The number of nitrogens with two attached hydrogens (primary N) is 1. The molecule has 0 radical (unpaired) electrons. The molecule has 0 spiro atoms. The second-order valence-corrected chi connectivity index (χ2v) is 6.99. The summed E-state index contributed by atoms with van der Waals surface area (Å²) in [4.78, 5) is 21.5. The first-order chi connectivity index (χ1) is 11.6. The van der Waals surface area contributed by atoms with Crippen LogP contribution < -0.4 is 11.1 Å². The Bertz CT molecular complexity index is 613. The first-order valence-corrected chi connectivity index (χ1v) is 8.72. The van der Waals surface area contributed by atoms with Crippen molar-refractivity contribution in [1.29, 1.82) is 0 Å². The van der Waals surface area contributed by atoms with E-state index in [1.54, 1.807) is 0 Å². The summed E-state index contributed by atoms with van der Waals surface area (Å²) in [5.74, 6) is -2.11. The van der Waals surface area contributed by atoms with Crippen molar-refractivity contribution in [2.75, 3.05) is 0 Å². The normalized spacial score (nSPS) is 15.5. The Kier molecular flexibility index (Phi) is 8.29. The topological polar surface area (TPSA) is 72.2 Å². The molecule has 1 saturated carbocycles. The Hall–Kier alpha value is -1.69. The van der Waals surface area contributed by atoms with Gasteiger partial charge in [0.2, 0.25) is 11.8 Å². The molecule has 3 N–H and O–H groups in total. The minimum atomic E-state index is -0.790. The van der Waals surface area contributed by atoms with E-state index in [9.17, 15) is 18.4 Å². The van der Waals surface area contributed by atoms with Gasteiger partial charge in [0, 0.05) is 18.4 Å². The van der Waals surface area contributed by atoms with Crippen LogP contribution >= 0.6 is 11.6 Å². The van der Waals surface area contributed by atoms with Gasteiger partial charge in [-0.1, -0.05) is 38.3 Å². The lowest BCUT2D eigenvalue weighted by Gasteiger charge is -2.25. The third kappa shape index (κ3) is 6.27. The number of benzene rings is 1. The molecule has 0 aliphatic heterocycles. The fourth-order valence-electron chi connectivity index (χ4n) is 2.86. The number of carbonyl (C=O) groups is 2. The molecule has 2 amide bonds. The highest BCUT2D eigenvalue weighted by molar-refractivity contribution is 6.30. The SMILES string of the molecule is CC(C)C(NC(=O)C1CCCC1)c1c(F)ccc(Cl)c1F.CC(N)=O. The van der Waals surface area contributed by atoms with Crippen LogP contribution in [0.15, 0.2) is 12.1 Å². The molecule has 0 saturated heterocycles. The monoisotopic (exact) mass is 374 g/mol. The first-order valence-electron chi connectivity index (χ1n) is 8.35. The average molecular weight is 375 g/mol. The third-order valence-corrected chi connectivity index (χ3v) is 4.37. The van der Waals surface area contributed by atoms with E-state index in [1.807, 2.05) is 13.8 Å². The van der Waals surface area contributed by atoms with Crippen LogP contribution in [0.4, 0.5) is 8.78 Å². The molecule has 0 bridgehead atoms. The molecule has 2 rings (SSSR count). The standard InChI is InChI=1S/C16H20ClF2NO.C2H5NO/c1-9(2)15(20-16(21)10-5-3-4-6-10)13-12(18)8-7-11(17)14(13)19;1-2(3)4/h7-10,15H,3-6H2,1-2H3,(H,20,21);1H3,(H2,3,4). The Morgan fingerprint density at radius 2 is 1.76 bits per heavy atom. The van der Waals surface area contributed by atoms with E-state index in [-0.39, 0.29) is 34.2 Å². The van der Waals surface area contributed by atoms with Gasteiger partial charge in [-0.15, -0.1) is 0 Å². The molecule has 25 heavy (non-hydrogen) atoms. The number of nitrogens with one attached hydrogen (secondary N) is 1. The molecule has 1 aromatic rings. The van der Waals surface area contributed by atoms with Gasteiger partial charge in [0.1, 0.15) is 11.6 Å². The maximum Gasteiger partial charge on any atom is 0.223 e. The second kappa shape index (κ2) is 9.70. The Balaban J connectivity index is 0.000000705. The van der Waals surface area contributed by atoms with Crippen LogP contribution in [0.5, 0.6) is 0 Å². The van der Waals surface area contributed by atoms with Crippen molar-refractivity contribution in [3.8, 4) is 0 Å². The summed E-state index contributed by atoms with van der Waals surface area (Å²) in [6.45, 7) is 4.94. The van der Waals surface area contributed by atoms with E-state index in [0.717, 1.165) is 31.7 Å². The van der Waals surface area contributed by atoms with Gasteiger partial charge in [-0.3, -0.25) is 9.59 Å². The largest absolute Gasteiger partial charge is 0.370 e. The molecule has 1 unspecified atom stereocenters. The molecule has 0 heterocycles. The molecular weight excluding hydrogens is 350 g/mol. The molecule has 140 valence electrons. The summed E-state index contributed by atoms with van der Waals surface area (Å²) in [5, 5.41) is 2.67. The van der Waals surface area contributed by atoms with E-state index < -0.39 is 17.7 Å². The molecule has 1 fully saturated rings. The van der Waals surface area contributed by atoms with Gasteiger partial charge in [-0.2, -0.15) is 0 Å². The lowest BCUT2D eigenvalue weighted by atomic mass is 9.94. The number of primary amides is 1. The molecule has 1 aromatic carbocycles. The maximum atomic E-state index is 14.2. The molecular formula is C18H25ClF2N2O2. The van der Waals surface area contributed by atoms with Crippen LogP contribution in [0.25, 0.3) is 0 Å². The number of halogens is 3. The van der Waals surface area contributed by atoms with Gasteiger partial charge in [-0.25, -0.2) is 8.78 Å². The van der Waals surface area contributed by atoms with Crippen LogP contribution in [-0.2, 0) is 9.59 Å². The maximum absolute atomic E-state index is 14.2. The van der Waals surface area contributed by atoms with Crippen LogP contribution in [-0.4, -0.2) is 11.8 Å². The zero-order valence-electron chi connectivity index (χ0n) is 14.7. The van der Waals surface area contributed by atoms with Crippen LogP contribution in [0.2, 0.25) is 5.02 Å². The van der Waals surface area contributed by atoms with Crippen molar-refractivity contribution in [2.24, 2.45) is 17.6 Å². The summed E-state index contributed by atoms with van der Waals surface area (Å²) < 4.78 is 28.2. The van der Waals surface area contributed by atoms with E-state index >= 15 is 0 Å². The van der Waals surface area contributed by atoms with Gasteiger partial charge in [0.25, 0.3) is 0 Å². The van der Waals surface area contributed by atoms with Crippen molar-refractivity contribution >= 4 is 23.4 Å². The Morgan fingerprint density at radius 3 is 2.24 bits per heavy atom. The van der Waals surface area contributed by atoms with Gasteiger partial charge < -0.3 is 11.1 Å². The minimum Gasteiger partial charge on any atom is -0.370 e. The summed E-state index contributed by atoms with van der Waals surface area (Å²) in [6, 6.07) is 1.61. The van der Waals surface area contributed by atoms with E-state index in [4.69, 9.17) is 11.6 Å². The number of amides is 2. The van der Waals surface area contributed by atoms with Crippen molar-refractivity contribution in [2.45, 2.75) is 52.5 Å². The summed E-state index contributed by atoms with van der Waals surface area (Å²) >= 11 is 5.74. The Labute approximate surface area is 152 Å². The van der Waals surface area contributed by atoms with Crippen molar-refractivity contribution < 1.29 is 18.4 Å². The number of hydrogen-bond acceptors (Lipinski definition) is 2. The summed E-state index contributed by atoms with van der Waals surface area (Å²) in [7, 11) is 0. The zero-order valence-corrected chi connectivity index (χ0v) is 15.5. The lowest BCUT2D eigenvalue weighted by Crippen LogP contribution is -2.36. The van der Waals surface area contributed by atoms with E-state index in [1.165, 1.54) is 13.0 Å². The number of rotatable bonds is 4. The van der Waals surface area contributed by atoms with Gasteiger partial charge in [-0.05, 0) is 30.9 Å². The van der Waals surface area contributed by atoms with Gasteiger partial charge in [0.15, 0.2) is 0 Å². The quantitative estimate of drug-likeness (QED) is 0.778. The molecule has 1 aliphatic rings. The van der Waals surface area contributed by atoms with Crippen molar-refractivity contribution in [1.82, 2.24) is 5.32 Å². The van der Waals surface area contributed by atoms with Gasteiger partial charge in [0.05, 0.1) is 11.1 Å². The van der Waals surface area contributed by atoms with E-state index in [2.05, 4.69) is 11.1 Å². The molecule has 1 aliphatic carbocycles. The molecule has 7 heteroatoms. The first kappa shape index (κ1) is 21.4. The smallest absolute Gasteiger partial charge is 0.223 e. The second-order valence-electron chi connectivity index (χ2n) is 6.58. The average Bonchev–Trinajstić information content (AvgIpc) is 3.04. The highest BCUT2D eigenvalue weighted by Crippen LogP contribution is 2.32.